The molecule has 0 aliphatic rings. The summed E-state index contributed by atoms with van der Waals surface area (Å²) < 4.78 is 0. The second-order valence-corrected chi connectivity index (χ2v) is 1.50. The molecule has 0 fully saturated rings. The van der Waals surface area contributed by atoms with Crippen LogP contribution in [0.15, 0.2) is 29.6 Å². The van der Waals surface area contributed by atoms with E-state index in [0.717, 1.165) is 0 Å². The van der Waals surface area contributed by atoms with Crippen molar-refractivity contribution in [2.45, 2.75) is 0 Å². The summed E-state index contributed by atoms with van der Waals surface area (Å²) in [5.41, 5.74) is 0.653. The first kappa shape index (κ1) is 9.62. The molecule has 1 aromatic heterocycles. The molecule has 0 unspecified atom stereocenters. The minimum atomic E-state index is 0. The van der Waals surface area contributed by atoms with E-state index in [2.05, 4.69) is 10.1 Å². The van der Waals surface area contributed by atoms with E-state index >= 15 is 0 Å². The summed E-state index contributed by atoms with van der Waals surface area (Å²) in [5.74, 6) is 0. The Morgan fingerprint density at radius 1 is 1.50 bits per heavy atom. The maximum absolute atomic E-state index is 8.05. The first-order valence-electron chi connectivity index (χ1n) is 2.52. The van der Waals surface area contributed by atoms with E-state index in [0.29, 0.717) is 5.69 Å². The topological polar surface area (TPSA) is 45.5 Å². The van der Waals surface area contributed by atoms with E-state index in [-0.39, 0.29) is 29.6 Å². The molecule has 0 saturated heterocycles. The Bertz CT molecular complexity index is 200. The molecule has 0 amide bonds. The van der Waals surface area contributed by atoms with E-state index in [1.165, 1.54) is 6.21 Å². The predicted octanol–water partition coefficient (Wildman–Crippen LogP) is 0.241. The van der Waals surface area contributed by atoms with Crippen molar-refractivity contribution in [3.05, 3.63) is 30.1 Å². The van der Waals surface area contributed by atoms with Gasteiger partial charge in [0, 0.05) is 6.20 Å². The molecule has 3 nitrogen and oxygen atoms in total. The normalized spacial score (nSPS) is 9.20. The molecular formula is C6H7N2NaO. The molecule has 1 heterocycles. The van der Waals surface area contributed by atoms with Crippen molar-refractivity contribution in [3.63, 3.8) is 0 Å². The monoisotopic (exact) mass is 146 g/mol. The molecule has 0 saturated carbocycles. The summed E-state index contributed by atoms with van der Waals surface area (Å²) >= 11 is 0. The summed E-state index contributed by atoms with van der Waals surface area (Å²) in [6.45, 7) is 0. The van der Waals surface area contributed by atoms with Crippen LogP contribution in [0.4, 0.5) is 0 Å². The third kappa shape index (κ3) is 2.96. The molecule has 48 valence electrons. The number of rotatable bonds is 1. The Balaban J connectivity index is 0.000000810. The number of aromatic nitrogens is 1. The Hall–Kier alpha value is -0.380. The average Bonchev–Trinajstić information content (AvgIpc) is 1.91. The van der Waals surface area contributed by atoms with Crippen molar-refractivity contribution < 1.29 is 5.21 Å². The number of oxime groups is 1. The van der Waals surface area contributed by atoms with Crippen LogP contribution in [0.2, 0.25) is 0 Å². The van der Waals surface area contributed by atoms with Gasteiger partial charge in [-0.25, -0.2) is 0 Å². The fourth-order valence-electron chi connectivity index (χ4n) is 0.511. The minimum absolute atomic E-state index is 0. The van der Waals surface area contributed by atoms with E-state index in [1.807, 2.05) is 6.07 Å². The predicted molar refractivity (Wildman–Crippen MR) is 40.8 cm³/mol. The molecular weight excluding hydrogens is 139 g/mol. The number of pyridine rings is 1. The van der Waals surface area contributed by atoms with Gasteiger partial charge in [-0.3, -0.25) is 4.98 Å². The Morgan fingerprint density at radius 3 is 2.80 bits per heavy atom. The van der Waals surface area contributed by atoms with Gasteiger partial charge in [0.1, 0.15) is 0 Å². The van der Waals surface area contributed by atoms with E-state index < -0.39 is 0 Å². The van der Waals surface area contributed by atoms with E-state index in [1.54, 1.807) is 18.3 Å². The van der Waals surface area contributed by atoms with Crippen LogP contribution in [0.5, 0.6) is 0 Å². The van der Waals surface area contributed by atoms with Crippen LogP contribution in [0.25, 0.3) is 0 Å². The average molecular weight is 146 g/mol. The van der Waals surface area contributed by atoms with Gasteiger partial charge in [0.15, 0.2) is 0 Å². The molecule has 10 heavy (non-hydrogen) atoms. The zero-order chi connectivity index (χ0) is 6.53. The van der Waals surface area contributed by atoms with Crippen molar-refractivity contribution in [3.8, 4) is 0 Å². The fourth-order valence-corrected chi connectivity index (χ4v) is 0.511. The third-order valence-corrected chi connectivity index (χ3v) is 0.878. The number of hydrogen-bond donors (Lipinski definition) is 1. The van der Waals surface area contributed by atoms with Gasteiger partial charge in [-0.15, -0.1) is 0 Å². The molecule has 4 heteroatoms. The Morgan fingerprint density at radius 2 is 2.30 bits per heavy atom. The standard InChI is InChI=1S/C6H6N2O.Na.H/c9-8-5-6-3-1-2-4-7-6;;/h1-5,9H;;. The summed E-state index contributed by atoms with van der Waals surface area (Å²) in [7, 11) is 0. The zero-order valence-corrected chi connectivity index (χ0v) is 4.73. The molecule has 0 spiro atoms. The van der Waals surface area contributed by atoms with Crippen molar-refractivity contribution in [2.24, 2.45) is 5.16 Å². The van der Waals surface area contributed by atoms with Crippen LogP contribution in [0.3, 0.4) is 0 Å². The zero-order valence-electron chi connectivity index (χ0n) is 4.73. The van der Waals surface area contributed by atoms with Gasteiger partial charge in [0.25, 0.3) is 0 Å². The summed E-state index contributed by atoms with van der Waals surface area (Å²) in [6, 6.07) is 5.37. The summed E-state index contributed by atoms with van der Waals surface area (Å²) in [4.78, 5) is 3.86. The van der Waals surface area contributed by atoms with Gasteiger partial charge in [-0.1, -0.05) is 11.2 Å². The van der Waals surface area contributed by atoms with Crippen LogP contribution in [0, 0.1) is 0 Å². The first-order chi connectivity index (χ1) is 4.43. The van der Waals surface area contributed by atoms with Crippen molar-refractivity contribution in [1.82, 2.24) is 4.98 Å². The Kier molecular flexibility index (Phi) is 5.20. The molecule has 1 N–H and O–H groups in total. The maximum atomic E-state index is 8.05. The SMILES string of the molecule is ON=Cc1ccccn1.[NaH]. The van der Waals surface area contributed by atoms with Crippen molar-refractivity contribution >= 4 is 35.8 Å². The summed E-state index contributed by atoms with van der Waals surface area (Å²) in [6.07, 6.45) is 2.91. The van der Waals surface area contributed by atoms with Crippen LogP contribution in [-0.4, -0.2) is 46.0 Å². The molecule has 0 radical (unpaired) electrons. The van der Waals surface area contributed by atoms with Gasteiger partial charge in [-0.2, -0.15) is 0 Å². The van der Waals surface area contributed by atoms with Gasteiger partial charge in [-0.05, 0) is 12.1 Å². The van der Waals surface area contributed by atoms with Crippen LogP contribution in [0.1, 0.15) is 5.69 Å². The number of nitrogens with zero attached hydrogens (tertiary/aromatic N) is 2. The van der Waals surface area contributed by atoms with E-state index in [9.17, 15) is 0 Å². The van der Waals surface area contributed by atoms with Crippen molar-refractivity contribution in [1.29, 1.82) is 0 Å². The molecule has 0 aliphatic heterocycles. The first-order valence-corrected chi connectivity index (χ1v) is 2.52. The second-order valence-electron chi connectivity index (χ2n) is 1.50. The fraction of sp³-hybridized carbons (Fsp3) is 0. The van der Waals surface area contributed by atoms with Crippen molar-refractivity contribution in [2.75, 3.05) is 0 Å². The molecule has 1 aromatic rings. The van der Waals surface area contributed by atoms with Gasteiger partial charge < -0.3 is 5.21 Å². The van der Waals surface area contributed by atoms with E-state index in [4.69, 9.17) is 5.21 Å². The number of hydrogen-bond acceptors (Lipinski definition) is 3. The molecule has 0 atom stereocenters. The third-order valence-electron chi connectivity index (χ3n) is 0.878. The van der Waals surface area contributed by atoms with Crippen LogP contribution in [-0.2, 0) is 0 Å². The molecule has 1 rings (SSSR count). The van der Waals surface area contributed by atoms with Crippen LogP contribution < -0.4 is 0 Å². The second kappa shape index (κ2) is 5.41. The quantitative estimate of drug-likeness (QED) is 0.267. The molecule has 0 aromatic carbocycles. The Labute approximate surface area is 81.1 Å². The van der Waals surface area contributed by atoms with Gasteiger partial charge >= 0.3 is 29.6 Å². The summed E-state index contributed by atoms with van der Waals surface area (Å²) in [5, 5.41) is 10.9. The van der Waals surface area contributed by atoms with Crippen LogP contribution >= 0.6 is 0 Å². The van der Waals surface area contributed by atoms with Gasteiger partial charge in [0.05, 0.1) is 11.9 Å². The van der Waals surface area contributed by atoms with Gasteiger partial charge in [0.2, 0.25) is 0 Å². The molecule has 0 aliphatic carbocycles. The molecule has 0 bridgehead atoms.